The maximum Gasteiger partial charge on any atom is 0.246 e. The van der Waals surface area contributed by atoms with Gasteiger partial charge in [0.05, 0.1) is 0 Å². The Bertz CT molecular complexity index is 1450. The molecule has 6 nitrogen and oxygen atoms in total. The van der Waals surface area contributed by atoms with Crippen LogP contribution in [0.3, 0.4) is 0 Å². The monoisotopic (exact) mass is 521 g/mol. The molecule has 0 bridgehead atoms. The number of benzene rings is 4. The molecule has 2 amide bonds. The highest BCUT2D eigenvalue weighted by Gasteiger charge is 2.40. The largest absolute Gasteiger partial charge is 0.457 e. The van der Waals surface area contributed by atoms with Gasteiger partial charge in [0.25, 0.3) is 0 Å². The third kappa shape index (κ3) is 6.29. The van der Waals surface area contributed by atoms with E-state index in [9.17, 15) is 9.59 Å². The third-order valence-corrected chi connectivity index (χ3v) is 7.36. The Hall–Kier alpha value is -4.16. The zero-order valence-corrected chi connectivity index (χ0v) is 22.3. The number of fused-ring (bicyclic) bond motifs is 1. The highest BCUT2D eigenvalue weighted by Crippen LogP contribution is 2.27. The van der Waals surface area contributed by atoms with Crippen molar-refractivity contribution in [2.45, 2.75) is 51.2 Å². The van der Waals surface area contributed by atoms with Crippen molar-refractivity contribution in [1.29, 1.82) is 0 Å². The molecular formula is C33H35N3O3. The van der Waals surface area contributed by atoms with E-state index in [0.29, 0.717) is 25.9 Å². The minimum Gasteiger partial charge on any atom is -0.457 e. The summed E-state index contributed by atoms with van der Waals surface area (Å²) >= 11 is 0. The van der Waals surface area contributed by atoms with Gasteiger partial charge < -0.3 is 20.7 Å². The number of hydrogen-bond acceptors (Lipinski definition) is 4. The Morgan fingerprint density at radius 3 is 2.33 bits per heavy atom. The molecule has 1 fully saturated rings. The van der Waals surface area contributed by atoms with Crippen LogP contribution in [0.25, 0.3) is 10.8 Å². The first-order valence-electron chi connectivity index (χ1n) is 13.6. The van der Waals surface area contributed by atoms with E-state index in [4.69, 9.17) is 10.5 Å². The third-order valence-electron chi connectivity index (χ3n) is 7.36. The van der Waals surface area contributed by atoms with Gasteiger partial charge in [-0.25, -0.2) is 0 Å². The lowest BCUT2D eigenvalue weighted by Crippen LogP contribution is -2.63. The zero-order chi connectivity index (χ0) is 27.2. The average molecular weight is 522 g/mol. The number of carbonyl (C=O) groups excluding carboxylic acids is 2. The second kappa shape index (κ2) is 12.1. The summed E-state index contributed by atoms with van der Waals surface area (Å²) in [7, 11) is 0. The normalized spacial score (nSPS) is 17.3. The van der Waals surface area contributed by atoms with Crippen LogP contribution in [0.4, 0.5) is 0 Å². The fourth-order valence-electron chi connectivity index (χ4n) is 5.18. The maximum atomic E-state index is 13.8. The van der Waals surface area contributed by atoms with Crippen LogP contribution in [-0.2, 0) is 22.6 Å². The number of piperazine rings is 1. The van der Waals surface area contributed by atoms with Crippen molar-refractivity contribution >= 4 is 22.6 Å². The van der Waals surface area contributed by atoms with Crippen molar-refractivity contribution in [1.82, 2.24) is 10.2 Å². The van der Waals surface area contributed by atoms with Gasteiger partial charge in [0.15, 0.2) is 0 Å². The van der Waals surface area contributed by atoms with Gasteiger partial charge >= 0.3 is 0 Å². The Morgan fingerprint density at radius 1 is 0.846 bits per heavy atom. The molecule has 0 radical (unpaired) electrons. The smallest absolute Gasteiger partial charge is 0.246 e. The zero-order valence-electron chi connectivity index (χ0n) is 22.3. The standard InChI is InChI=1S/C33H35N3O3/c1-23-8-2-5-12-31(23)39-28-17-14-24(15-18-28)22-36-30(11-6-7-19-34)32(37)35-29(33(36)38)21-25-13-16-26-9-3-4-10-27(26)20-25/h2-5,8-10,12-18,20,29-30H,6-7,11,19,21-22,34H2,1H3,(H,35,37)/t29-,30-/m0/s1. The van der Waals surface area contributed by atoms with Crippen LogP contribution in [0.2, 0.25) is 0 Å². The van der Waals surface area contributed by atoms with Gasteiger partial charge in [-0.3, -0.25) is 9.59 Å². The lowest BCUT2D eigenvalue weighted by Gasteiger charge is -2.39. The predicted octanol–water partition coefficient (Wildman–Crippen LogP) is 5.51. The van der Waals surface area contributed by atoms with Crippen LogP contribution in [0.1, 0.15) is 36.0 Å². The molecule has 200 valence electrons. The summed E-state index contributed by atoms with van der Waals surface area (Å²) in [4.78, 5) is 28.8. The van der Waals surface area contributed by atoms with Gasteiger partial charge in [0.2, 0.25) is 11.8 Å². The molecule has 5 rings (SSSR count). The lowest BCUT2D eigenvalue weighted by molar-refractivity contribution is -0.150. The van der Waals surface area contributed by atoms with Crippen LogP contribution in [0.15, 0.2) is 91.0 Å². The van der Waals surface area contributed by atoms with E-state index in [2.05, 4.69) is 29.6 Å². The van der Waals surface area contributed by atoms with E-state index in [0.717, 1.165) is 51.8 Å². The van der Waals surface area contributed by atoms with Gasteiger partial charge in [0, 0.05) is 13.0 Å². The molecule has 0 unspecified atom stereocenters. The number of unbranched alkanes of at least 4 members (excludes halogenated alkanes) is 1. The van der Waals surface area contributed by atoms with Crippen molar-refractivity contribution in [3.05, 3.63) is 108 Å². The fourth-order valence-corrected chi connectivity index (χ4v) is 5.18. The maximum absolute atomic E-state index is 13.8. The molecule has 1 aliphatic rings. The molecule has 2 atom stereocenters. The molecule has 0 spiro atoms. The van der Waals surface area contributed by atoms with Gasteiger partial charge in [-0.2, -0.15) is 0 Å². The van der Waals surface area contributed by atoms with Gasteiger partial charge in [-0.15, -0.1) is 0 Å². The number of ether oxygens (including phenoxy) is 1. The SMILES string of the molecule is Cc1ccccc1Oc1ccc(CN2C(=O)[C@H](Cc3ccc4ccccc4c3)NC(=O)[C@@H]2CCCCN)cc1. The molecule has 1 aliphatic heterocycles. The second-order valence-electron chi connectivity index (χ2n) is 10.2. The van der Waals surface area contributed by atoms with Crippen molar-refractivity contribution in [2.75, 3.05) is 6.54 Å². The Morgan fingerprint density at radius 2 is 1.56 bits per heavy atom. The molecule has 39 heavy (non-hydrogen) atoms. The number of aryl methyl sites for hydroxylation is 1. The highest BCUT2D eigenvalue weighted by molar-refractivity contribution is 5.97. The van der Waals surface area contributed by atoms with Crippen LogP contribution < -0.4 is 15.8 Å². The van der Waals surface area contributed by atoms with Crippen molar-refractivity contribution in [3.63, 3.8) is 0 Å². The van der Waals surface area contributed by atoms with Crippen LogP contribution in [0.5, 0.6) is 11.5 Å². The van der Waals surface area contributed by atoms with Crippen LogP contribution >= 0.6 is 0 Å². The summed E-state index contributed by atoms with van der Waals surface area (Å²) in [5, 5.41) is 5.29. The van der Waals surface area contributed by atoms with E-state index in [1.807, 2.05) is 73.7 Å². The van der Waals surface area contributed by atoms with E-state index < -0.39 is 12.1 Å². The molecule has 0 aliphatic carbocycles. The Balaban J connectivity index is 1.34. The van der Waals surface area contributed by atoms with E-state index in [1.54, 1.807) is 4.90 Å². The number of amides is 2. The molecule has 3 N–H and O–H groups in total. The van der Waals surface area contributed by atoms with Gasteiger partial charge in [0.1, 0.15) is 23.6 Å². The number of nitrogens with two attached hydrogens (primary N) is 1. The summed E-state index contributed by atoms with van der Waals surface area (Å²) in [5.74, 6) is 1.38. The molecular weight excluding hydrogens is 486 g/mol. The first-order chi connectivity index (χ1) is 19.0. The van der Waals surface area contributed by atoms with Crippen molar-refractivity contribution in [2.24, 2.45) is 5.73 Å². The highest BCUT2D eigenvalue weighted by atomic mass is 16.5. The van der Waals surface area contributed by atoms with Crippen LogP contribution in [0, 0.1) is 6.92 Å². The molecule has 4 aromatic rings. The van der Waals surface area contributed by atoms with Crippen LogP contribution in [-0.4, -0.2) is 35.3 Å². The number of nitrogens with one attached hydrogen (secondary N) is 1. The fraction of sp³-hybridized carbons (Fsp3) is 0.273. The van der Waals surface area contributed by atoms with Gasteiger partial charge in [-0.05, 0) is 78.4 Å². The average Bonchev–Trinajstić information content (AvgIpc) is 2.95. The summed E-state index contributed by atoms with van der Waals surface area (Å²) in [6.07, 6.45) is 2.64. The Kier molecular flexibility index (Phi) is 8.23. The number of nitrogens with zero attached hydrogens (tertiary/aromatic N) is 1. The molecule has 1 saturated heterocycles. The predicted molar refractivity (Wildman–Crippen MR) is 155 cm³/mol. The van der Waals surface area contributed by atoms with Crippen molar-refractivity contribution in [3.8, 4) is 11.5 Å². The van der Waals surface area contributed by atoms with Gasteiger partial charge in [-0.1, -0.05) is 72.8 Å². The Labute approximate surface area is 229 Å². The van der Waals surface area contributed by atoms with E-state index in [-0.39, 0.29) is 11.8 Å². The minimum absolute atomic E-state index is 0.0549. The quantitative estimate of drug-likeness (QED) is 0.270. The topological polar surface area (TPSA) is 84.7 Å². The summed E-state index contributed by atoms with van der Waals surface area (Å²) in [6, 6.07) is 28.8. The van der Waals surface area contributed by atoms with E-state index >= 15 is 0 Å². The summed E-state index contributed by atoms with van der Waals surface area (Å²) in [6.45, 7) is 2.93. The molecule has 1 heterocycles. The molecule has 4 aromatic carbocycles. The summed E-state index contributed by atoms with van der Waals surface area (Å²) in [5.41, 5.74) is 8.72. The minimum atomic E-state index is -0.604. The lowest BCUT2D eigenvalue weighted by atomic mass is 9.96. The van der Waals surface area contributed by atoms with Crippen molar-refractivity contribution < 1.29 is 14.3 Å². The number of rotatable bonds is 10. The second-order valence-corrected chi connectivity index (χ2v) is 10.2. The molecule has 6 heteroatoms. The van der Waals surface area contributed by atoms with E-state index in [1.165, 1.54) is 0 Å². The number of hydrogen-bond donors (Lipinski definition) is 2. The number of para-hydroxylation sites is 1. The first-order valence-corrected chi connectivity index (χ1v) is 13.6. The first kappa shape index (κ1) is 26.4. The summed E-state index contributed by atoms with van der Waals surface area (Å²) < 4.78 is 6.04. The molecule has 0 saturated carbocycles. The number of carbonyl (C=O) groups is 2. The molecule has 0 aromatic heterocycles.